The Bertz CT molecular complexity index is 771. The van der Waals surface area contributed by atoms with Gasteiger partial charge in [-0.2, -0.15) is 0 Å². The summed E-state index contributed by atoms with van der Waals surface area (Å²) in [6.45, 7) is 0. The van der Waals surface area contributed by atoms with Crippen molar-refractivity contribution in [2.24, 2.45) is 0 Å². The van der Waals surface area contributed by atoms with Crippen LogP contribution in [0.25, 0.3) is 17.5 Å². The Morgan fingerprint density at radius 1 is 1.00 bits per heavy atom. The lowest BCUT2D eigenvalue weighted by atomic mass is 10.2. The van der Waals surface area contributed by atoms with Gasteiger partial charge < -0.3 is 4.42 Å². The fraction of sp³-hybridized carbons (Fsp3) is 0.0588. The molecule has 5 heteroatoms. The van der Waals surface area contributed by atoms with E-state index in [-0.39, 0.29) is 0 Å². The molecule has 0 saturated carbocycles. The van der Waals surface area contributed by atoms with Gasteiger partial charge in [-0.25, -0.2) is 0 Å². The molecule has 0 unspecified atom stereocenters. The van der Waals surface area contributed by atoms with Crippen molar-refractivity contribution in [2.75, 3.05) is 5.75 Å². The summed E-state index contributed by atoms with van der Waals surface area (Å²) in [5.74, 6) is 1.31. The predicted molar refractivity (Wildman–Crippen MR) is 93.6 cm³/mol. The van der Waals surface area contributed by atoms with Crippen LogP contribution in [0.15, 0.2) is 74.8 Å². The van der Waals surface area contributed by atoms with Gasteiger partial charge in [0.2, 0.25) is 5.89 Å². The molecule has 3 nitrogen and oxygen atoms in total. The van der Waals surface area contributed by atoms with Gasteiger partial charge in [0.15, 0.2) is 0 Å². The van der Waals surface area contributed by atoms with Gasteiger partial charge in [0.25, 0.3) is 5.22 Å². The summed E-state index contributed by atoms with van der Waals surface area (Å²) in [5, 5.41) is 8.74. The number of thioether (sulfide) groups is 1. The minimum Gasteiger partial charge on any atom is -0.411 e. The van der Waals surface area contributed by atoms with Gasteiger partial charge in [-0.15, -0.1) is 10.2 Å². The SMILES string of the molecule is Brc1ccccc1-c1nnc(SC/C=C/c2ccccc2)o1. The van der Waals surface area contributed by atoms with Crippen LogP contribution in [0.5, 0.6) is 0 Å². The van der Waals surface area contributed by atoms with Crippen LogP contribution < -0.4 is 0 Å². The average Bonchev–Trinajstić information content (AvgIpc) is 3.02. The summed E-state index contributed by atoms with van der Waals surface area (Å²) in [6, 6.07) is 18.0. The van der Waals surface area contributed by atoms with Crippen molar-refractivity contribution in [3.63, 3.8) is 0 Å². The van der Waals surface area contributed by atoms with E-state index in [9.17, 15) is 0 Å². The molecule has 1 heterocycles. The largest absolute Gasteiger partial charge is 0.411 e. The number of benzene rings is 2. The minimum absolute atomic E-state index is 0.530. The van der Waals surface area contributed by atoms with Crippen LogP contribution in [0.2, 0.25) is 0 Å². The molecule has 3 aromatic rings. The van der Waals surface area contributed by atoms with Gasteiger partial charge >= 0.3 is 0 Å². The normalized spacial score (nSPS) is 11.1. The molecule has 0 aliphatic carbocycles. The van der Waals surface area contributed by atoms with E-state index in [1.54, 1.807) is 0 Å². The first-order valence-corrected chi connectivity index (χ1v) is 8.53. The molecule has 0 aliphatic rings. The van der Waals surface area contributed by atoms with E-state index < -0.39 is 0 Å². The molecule has 0 spiro atoms. The van der Waals surface area contributed by atoms with Crippen LogP contribution >= 0.6 is 27.7 Å². The summed E-state index contributed by atoms with van der Waals surface area (Å²) in [5.41, 5.74) is 2.09. The van der Waals surface area contributed by atoms with E-state index in [1.807, 2.05) is 42.5 Å². The molecule has 0 atom stereocenters. The Balaban J connectivity index is 1.61. The lowest BCUT2D eigenvalue weighted by Crippen LogP contribution is -1.78. The highest BCUT2D eigenvalue weighted by molar-refractivity contribution is 9.10. The monoisotopic (exact) mass is 372 g/mol. The van der Waals surface area contributed by atoms with Gasteiger partial charge in [0.1, 0.15) is 0 Å². The summed E-state index contributed by atoms with van der Waals surface area (Å²) in [4.78, 5) is 0. The van der Waals surface area contributed by atoms with Crippen LogP contribution in [0.3, 0.4) is 0 Å². The van der Waals surface area contributed by atoms with E-state index in [0.717, 1.165) is 15.8 Å². The standard InChI is InChI=1S/C17H13BrN2OS/c18-15-11-5-4-10-14(15)16-19-20-17(21-16)22-12-6-9-13-7-2-1-3-8-13/h1-11H,12H2/b9-6+. The highest BCUT2D eigenvalue weighted by Crippen LogP contribution is 2.28. The molecule has 0 radical (unpaired) electrons. The van der Waals surface area contributed by atoms with E-state index >= 15 is 0 Å². The summed E-state index contributed by atoms with van der Waals surface area (Å²) < 4.78 is 6.62. The topological polar surface area (TPSA) is 38.9 Å². The second-order valence-electron chi connectivity index (χ2n) is 4.48. The number of aromatic nitrogens is 2. The number of hydrogen-bond donors (Lipinski definition) is 0. The van der Waals surface area contributed by atoms with Crippen LogP contribution in [0, 0.1) is 0 Å². The molecule has 3 rings (SSSR count). The van der Waals surface area contributed by atoms with Gasteiger partial charge in [-0.1, -0.05) is 66.4 Å². The fourth-order valence-electron chi connectivity index (χ4n) is 1.88. The van der Waals surface area contributed by atoms with Crippen molar-refractivity contribution in [1.29, 1.82) is 0 Å². The van der Waals surface area contributed by atoms with E-state index in [0.29, 0.717) is 11.1 Å². The third-order valence-corrected chi connectivity index (χ3v) is 4.39. The number of halogens is 1. The highest BCUT2D eigenvalue weighted by atomic mass is 79.9. The van der Waals surface area contributed by atoms with Crippen LogP contribution in [-0.4, -0.2) is 16.0 Å². The summed E-state index contributed by atoms with van der Waals surface area (Å²) >= 11 is 5.00. The quantitative estimate of drug-likeness (QED) is 0.569. The zero-order valence-electron chi connectivity index (χ0n) is 11.6. The molecule has 0 fully saturated rings. The maximum Gasteiger partial charge on any atom is 0.277 e. The van der Waals surface area contributed by atoms with Crippen molar-refractivity contribution in [1.82, 2.24) is 10.2 Å². The minimum atomic E-state index is 0.530. The lowest BCUT2D eigenvalue weighted by Gasteiger charge is -1.96. The molecule has 22 heavy (non-hydrogen) atoms. The second kappa shape index (κ2) is 7.42. The Morgan fingerprint density at radius 3 is 2.59 bits per heavy atom. The molecule has 2 aromatic carbocycles. The molecule has 0 bridgehead atoms. The average molecular weight is 373 g/mol. The van der Waals surface area contributed by atoms with E-state index in [4.69, 9.17) is 4.42 Å². The number of rotatable bonds is 5. The predicted octanol–water partition coefficient (Wildman–Crippen LogP) is 5.30. The zero-order valence-corrected chi connectivity index (χ0v) is 14.0. The smallest absolute Gasteiger partial charge is 0.277 e. The zero-order chi connectivity index (χ0) is 15.2. The van der Waals surface area contributed by atoms with Crippen molar-refractivity contribution in [3.8, 4) is 11.5 Å². The molecule has 1 aromatic heterocycles. The van der Waals surface area contributed by atoms with Crippen LogP contribution in [0.1, 0.15) is 5.56 Å². The van der Waals surface area contributed by atoms with Crippen molar-refractivity contribution >= 4 is 33.8 Å². The van der Waals surface area contributed by atoms with Gasteiger partial charge in [-0.3, -0.25) is 0 Å². The maximum absolute atomic E-state index is 5.68. The molecule has 0 aliphatic heterocycles. The van der Waals surface area contributed by atoms with Crippen molar-refractivity contribution in [2.45, 2.75) is 5.22 Å². The Hall–Kier alpha value is -1.85. The molecule has 0 saturated heterocycles. The number of hydrogen-bond acceptors (Lipinski definition) is 4. The van der Waals surface area contributed by atoms with Crippen LogP contribution in [0.4, 0.5) is 0 Å². The highest BCUT2D eigenvalue weighted by Gasteiger charge is 2.10. The summed E-state index contributed by atoms with van der Waals surface area (Å²) in [6.07, 6.45) is 4.17. The molecule has 0 amide bonds. The number of nitrogens with zero attached hydrogens (tertiary/aromatic N) is 2. The first kappa shape index (κ1) is 15.1. The third kappa shape index (κ3) is 3.87. The second-order valence-corrected chi connectivity index (χ2v) is 6.30. The Labute approximate surface area is 141 Å². The summed E-state index contributed by atoms with van der Waals surface area (Å²) in [7, 11) is 0. The van der Waals surface area contributed by atoms with E-state index in [2.05, 4.69) is 50.4 Å². The molecule has 0 N–H and O–H groups in total. The maximum atomic E-state index is 5.68. The van der Waals surface area contributed by atoms with Crippen molar-refractivity contribution in [3.05, 3.63) is 70.7 Å². The van der Waals surface area contributed by atoms with Crippen LogP contribution in [-0.2, 0) is 0 Å². The Morgan fingerprint density at radius 2 is 1.77 bits per heavy atom. The first-order chi connectivity index (χ1) is 10.8. The fourth-order valence-corrected chi connectivity index (χ4v) is 2.91. The van der Waals surface area contributed by atoms with Gasteiger partial charge in [-0.05, 0) is 33.6 Å². The van der Waals surface area contributed by atoms with Gasteiger partial charge in [0, 0.05) is 10.2 Å². The third-order valence-electron chi connectivity index (χ3n) is 2.92. The van der Waals surface area contributed by atoms with Crippen molar-refractivity contribution < 1.29 is 4.42 Å². The van der Waals surface area contributed by atoms with E-state index in [1.165, 1.54) is 17.3 Å². The molecular formula is C17H13BrN2OS. The van der Waals surface area contributed by atoms with Gasteiger partial charge in [0.05, 0.1) is 5.56 Å². The Kier molecular flexibility index (Phi) is 5.08. The molecule has 110 valence electrons. The first-order valence-electron chi connectivity index (χ1n) is 6.76. The lowest BCUT2D eigenvalue weighted by molar-refractivity contribution is 0.466. The molecular weight excluding hydrogens is 360 g/mol.